The second-order valence-corrected chi connectivity index (χ2v) is 5.95. The Bertz CT molecular complexity index is 626. The Labute approximate surface area is 115 Å². The van der Waals surface area contributed by atoms with Crippen molar-refractivity contribution in [2.24, 2.45) is 0 Å². The molecule has 0 fully saturated rings. The second kappa shape index (κ2) is 4.37. The van der Waals surface area contributed by atoms with Gasteiger partial charge in [-0.25, -0.2) is 9.78 Å². The van der Waals surface area contributed by atoms with E-state index in [0.717, 1.165) is 16.2 Å². The van der Waals surface area contributed by atoms with Crippen molar-refractivity contribution in [3.05, 3.63) is 34.2 Å². The fourth-order valence-corrected chi connectivity index (χ4v) is 3.37. The number of aromatic carboxylic acids is 1. The Morgan fingerprint density at radius 2 is 2.28 bits per heavy atom. The highest BCUT2D eigenvalue weighted by Crippen LogP contribution is 2.43. The normalized spacial score (nSPS) is 17.3. The minimum atomic E-state index is -0.994. The van der Waals surface area contributed by atoms with E-state index < -0.39 is 5.97 Å². The molecule has 92 valence electrons. The zero-order valence-electron chi connectivity index (χ0n) is 9.09. The predicted octanol–water partition coefficient (Wildman–Crippen LogP) is 3.34. The fraction of sp³-hybridized carbons (Fsp3) is 0.167. The van der Waals surface area contributed by atoms with Gasteiger partial charge in [0.15, 0.2) is 0 Å². The first-order valence-electron chi connectivity index (χ1n) is 5.27. The maximum atomic E-state index is 11.0. The van der Waals surface area contributed by atoms with E-state index in [1.54, 1.807) is 0 Å². The average molecular weight is 326 g/mol. The van der Waals surface area contributed by atoms with E-state index in [1.807, 2.05) is 24.3 Å². The van der Waals surface area contributed by atoms with Gasteiger partial charge in [0.25, 0.3) is 0 Å². The highest BCUT2D eigenvalue weighted by Gasteiger charge is 2.27. The van der Waals surface area contributed by atoms with Crippen LogP contribution >= 0.6 is 27.3 Å². The summed E-state index contributed by atoms with van der Waals surface area (Å²) in [6.45, 7) is 0.464. The van der Waals surface area contributed by atoms with Crippen LogP contribution in [0.2, 0.25) is 0 Å². The maximum absolute atomic E-state index is 11.0. The Kier molecular flexibility index (Phi) is 2.83. The lowest BCUT2D eigenvalue weighted by Gasteiger charge is -2.06. The predicted molar refractivity (Wildman–Crippen MR) is 71.7 cm³/mol. The Morgan fingerprint density at radius 3 is 3.06 bits per heavy atom. The smallest absolute Gasteiger partial charge is 0.365 e. The number of carboxylic acids is 1. The highest BCUT2D eigenvalue weighted by atomic mass is 79.9. The summed E-state index contributed by atoms with van der Waals surface area (Å²) in [6.07, 6.45) is 0. The van der Waals surface area contributed by atoms with E-state index in [-0.39, 0.29) is 9.83 Å². The number of ether oxygens (including phenoxy) is 1. The van der Waals surface area contributed by atoms with Crippen LogP contribution in [0.3, 0.4) is 0 Å². The molecule has 1 aliphatic heterocycles. The molecule has 0 bridgehead atoms. The van der Waals surface area contributed by atoms with Gasteiger partial charge in [0.1, 0.15) is 12.4 Å². The van der Waals surface area contributed by atoms with Gasteiger partial charge in [0, 0.05) is 5.56 Å². The molecule has 1 N–H and O–H groups in total. The molecule has 0 amide bonds. The lowest BCUT2D eigenvalue weighted by molar-refractivity contribution is 0.0696. The van der Waals surface area contributed by atoms with Crippen LogP contribution in [-0.2, 0) is 0 Å². The van der Waals surface area contributed by atoms with Crippen LogP contribution in [0.4, 0.5) is 0 Å². The van der Waals surface area contributed by atoms with Gasteiger partial charge in [0.05, 0.1) is 15.4 Å². The van der Waals surface area contributed by atoms with Crippen LogP contribution in [0.5, 0.6) is 5.75 Å². The maximum Gasteiger partial charge on any atom is 0.365 e. The second-order valence-electron chi connectivity index (χ2n) is 3.81. The Balaban J connectivity index is 2.24. The molecular formula is C12H8BrNO3S. The number of hydrogen-bond acceptors (Lipinski definition) is 4. The first kappa shape index (κ1) is 11.7. The number of para-hydroxylation sites is 1. The zero-order valence-corrected chi connectivity index (χ0v) is 11.5. The van der Waals surface area contributed by atoms with Crippen LogP contribution in [0.25, 0.3) is 11.3 Å². The molecule has 18 heavy (non-hydrogen) atoms. The SMILES string of the molecule is O=C(O)c1nc2c(s1)C(Br)COc1ccccc1-2. The van der Waals surface area contributed by atoms with Crippen LogP contribution in [0, 0.1) is 0 Å². The van der Waals surface area contributed by atoms with Crippen molar-refractivity contribution in [2.45, 2.75) is 4.83 Å². The molecule has 1 aliphatic rings. The fourth-order valence-electron chi connectivity index (χ4n) is 1.86. The zero-order chi connectivity index (χ0) is 12.7. The molecule has 1 atom stereocenters. The first-order valence-corrected chi connectivity index (χ1v) is 7.00. The van der Waals surface area contributed by atoms with E-state index in [2.05, 4.69) is 20.9 Å². The van der Waals surface area contributed by atoms with E-state index >= 15 is 0 Å². The van der Waals surface area contributed by atoms with Gasteiger partial charge >= 0.3 is 5.97 Å². The third-order valence-electron chi connectivity index (χ3n) is 2.65. The summed E-state index contributed by atoms with van der Waals surface area (Å²) in [5.74, 6) is -0.255. The molecular weight excluding hydrogens is 318 g/mol. The van der Waals surface area contributed by atoms with E-state index in [4.69, 9.17) is 9.84 Å². The minimum absolute atomic E-state index is 0.0366. The number of halogens is 1. The number of benzene rings is 1. The first-order chi connectivity index (χ1) is 8.66. The third kappa shape index (κ3) is 1.81. The summed E-state index contributed by atoms with van der Waals surface area (Å²) in [7, 11) is 0. The van der Waals surface area contributed by atoms with Crippen molar-refractivity contribution in [3.63, 3.8) is 0 Å². The molecule has 1 unspecified atom stereocenters. The van der Waals surface area contributed by atoms with Gasteiger partial charge in [-0.15, -0.1) is 11.3 Å². The number of aromatic nitrogens is 1. The standard InChI is InChI=1S/C12H8BrNO3S/c13-7-5-17-8-4-2-1-3-6(8)9-10(7)18-11(14-9)12(15)16/h1-4,7H,5H2,(H,15,16). The number of fused-ring (bicyclic) bond motifs is 3. The number of carbonyl (C=O) groups is 1. The van der Waals surface area contributed by atoms with E-state index in [0.29, 0.717) is 12.3 Å². The lowest BCUT2D eigenvalue weighted by atomic mass is 10.1. The van der Waals surface area contributed by atoms with Crippen molar-refractivity contribution in [1.29, 1.82) is 0 Å². The van der Waals surface area contributed by atoms with Crippen molar-refractivity contribution < 1.29 is 14.6 Å². The largest absolute Gasteiger partial charge is 0.491 e. The lowest BCUT2D eigenvalue weighted by Crippen LogP contribution is -2.01. The minimum Gasteiger partial charge on any atom is -0.491 e. The number of rotatable bonds is 1. The average Bonchev–Trinajstić information content (AvgIpc) is 2.76. The molecule has 2 heterocycles. The van der Waals surface area contributed by atoms with Gasteiger partial charge in [-0.2, -0.15) is 0 Å². The van der Waals surface area contributed by atoms with E-state index in [1.165, 1.54) is 11.3 Å². The monoisotopic (exact) mass is 325 g/mol. The number of nitrogens with zero attached hydrogens (tertiary/aromatic N) is 1. The summed E-state index contributed by atoms with van der Waals surface area (Å²) in [4.78, 5) is 16.1. The summed E-state index contributed by atoms with van der Waals surface area (Å²) < 4.78 is 5.67. The van der Waals surface area contributed by atoms with Crippen molar-refractivity contribution >= 4 is 33.2 Å². The summed E-state index contributed by atoms with van der Waals surface area (Å²) >= 11 is 4.70. The van der Waals surface area contributed by atoms with Gasteiger partial charge in [-0.3, -0.25) is 0 Å². The van der Waals surface area contributed by atoms with Gasteiger partial charge in [0.2, 0.25) is 5.01 Å². The van der Waals surface area contributed by atoms with Crippen molar-refractivity contribution in [3.8, 4) is 17.0 Å². The Hall–Kier alpha value is -1.40. The summed E-state index contributed by atoms with van der Waals surface area (Å²) in [5, 5.41) is 9.15. The molecule has 1 aromatic heterocycles. The molecule has 0 spiro atoms. The molecule has 0 saturated carbocycles. The third-order valence-corrected chi connectivity index (χ3v) is 4.83. The van der Waals surface area contributed by atoms with Crippen LogP contribution in [0.1, 0.15) is 19.5 Å². The highest BCUT2D eigenvalue weighted by molar-refractivity contribution is 9.09. The van der Waals surface area contributed by atoms with E-state index in [9.17, 15) is 4.79 Å². The van der Waals surface area contributed by atoms with Gasteiger partial charge in [-0.1, -0.05) is 28.1 Å². The van der Waals surface area contributed by atoms with Crippen molar-refractivity contribution in [2.75, 3.05) is 6.61 Å². The summed E-state index contributed by atoms with van der Waals surface area (Å²) in [5.41, 5.74) is 1.55. The number of thiazole rings is 1. The number of carboxylic acid groups (broad SMARTS) is 1. The molecule has 4 nitrogen and oxygen atoms in total. The van der Waals surface area contributed by atoms with Gasteiger partial charge in [-0.05, 0) is 12.1 Å². The van der Waals surface area contributed by atoms with Gasteiger partial charge < -0.3 is 9.84 Å². The number of hydrogen-bond donors (Lipinski definition) is 1. The molecule has 1 aromatic carbocycles. The number of alkyl halides is 1. The Morgan fingerprint density at radius 1 is 1.50 bits per heavy atom. The van der Waals surface area contributed by atoms with Crippen LogP contribution < -0.4 is 4.74 Å². The molecule has 0 radical (unpaired) electrons. The van der Waals surface area contributed by atoms with Crippen molar-refractivity contribution in [1.82, 2.24) is 4.98 Å². The molecule has 3 rings (SSSR count). The molecule has 6 heteroatoms. The summed E-state index contributed by atoms with van der Waals surface area (Å²) in [6, 6.07) is 7.53. The topological polar surface area (TPSA) is 59.4 Å². The molecule has 0 saturated heterocycles. The van der Waals surface area contributed by atoms with Crippen LogP contribution in [-0.4, -0.2) is 22.7 Å². The molecule has 2 aromatic rings. The molecule has 0 aliphatic carbocycles. The quantitative estimate of drug-likeness (QED) is 0.817. The van der Waals surface area contributed by atoms with Crippen LogP contribution in [0.15, 0.2) is 24.3 Å².